The third-order valence-electron chi connectivity index (χ3n) is 3.02. The molecule has 0 amide bonds. The molecule has 6 nitrogen and oxygen atoms in total. The lowest BCUT2D eigenvalue weighted by Crippen LogP contribution is -2.39. The van der Waals surface area contributed by atoms with Gasteiger partial charge in [0.25, 0.3) is 0 Å². The van der Waals surface area contributed by atoms with Crippen LogP contribution < -0.4 is 5.32 Å². The van der Waals surface area contributed by atoms with E-state index in [1.807, 2.05) is 7.05 Å². The first kappa shape index (κ1) is 15.2. The van der Waals surface area contributed by atoms with Gasteiger partial charge >= 0.3 is 6.18 Å². The molecule has 1 saturated heterocycles. The quantitative estimate of drug-likeness (QED) is 0.881. The van der Waals surface area contributed by atoms with Crippen LogP contribution in [0.5, 0.6) is 0 Å². The number of nitrogens with zero attached hydrogens (tertiary/aromatic N) is 2. The van der Waals surface area contributed by atoms with E-state index in [0.29, 0.717) is 19.1 Å². The van der Waals surface area contributed by atoms with Crippen LogP contribution in [0.25, 0.3) is 0 Å². The third-order valence-corrected chi connectivity index (χ3v) is 3.02. The van der Waals surface area contributed by atoms with Crippen LogP contribution in [0.1, 0.15) is 24.1 Å². The summed E-state index contributed by atoms with van der Waals surface area (Å²) in [5, 5.41) is 6.75. The summed E-state index contributed by atoms with van der Waals surface area (Å²) in [7, 11) is 1.83. The summed E-state index contributed by atoms with van der Waals surface area (Å²) in [6.07, 6.45) is -3.55. The highest BCUT2D eigenvalue weighted by atomic mass is 19.4. The second kappa shape index (κ2) is 6.51. The monoisotopic (exact) mass is 295 g/mol. The summed E-state index contributed by atoms with van der Waals surface area (Å²) in [6, 6.07) is 0.146. The average Bonchev–Trinajstić information content (AvgIpc) is 2.86. The van der Waals surface area contributed by atoms with E-state index in [4.69, 9.17) is 9.26 Å². The van der Waals surface area contributed by atoms with Crippen LogP contribution in [0, 0.1) is 0 Å². The van der Waals surface area contributed by atoms with Crippen molar-refractivity contribution >= 4 is 0 Å². The molecule has 1 aliphatic rings. The van der Waals surface area contributed by atoms with E-state index < -0.39 is 12.8 Å². The fourth-order valence-electron chi connectivity index (χ4n) is 2.06. The molecule has 0 bridgehead atoms. The second-order valence-electron chi connectivity index (χ2n) is 4.52. The Morgan fingerprint density at radius 3 is 2.95 bits per heavy atom. The Bertz CT molecular complexity index is 425. The van der Waals surface area contributed by atoms with Crippen LogP contribution in [0.15, 0.2) is 4.52 Å². The van der Waals surface area contributed by atoms with Crippen molar-refractivity contribution in [3.8, 4) is 0 Å². The molecule has 9 heteroatoms. The SMILES string of the molecule is CNC1CCOCC1c1nc(COCC(F)(F)F)no1. The number of likely N-dealkylation sites (N-methyl/N-ethyl adjacent to an activating group) is 1. The summed E-state index contributed by atoms with van der Waals surface area (Å²) in [5.41, 5.74) is 0. The number of nitrogens with one attached hydrogen (secondary N) is 1. The highest BCUT2D eigenvalue weighted by Gasteiger charge is 2.31. The molecule has 0 spiro atoms. The van der Waals surface area contributed by atoms with E-state index in [1.54, 1.807) is 0 Å². The van der Waals surface area contributed by atoms with Gasteiger partial charge in [0, 0.05) is 12.6 Å². The molecule has 20 heavy (non-hydrogen) atoms. The molecule has 0 aromatic carbocycles. The Labute approximate surface area is 113 Å². The number of aromatic nitrogens is 2. The number of hydrogen-bond acceptors (Lipinski definition) is 6. The van der Waals surface area contributed by atoms with Crippen LogP contribution in [0.2, 0.25) is 0 Å². The Kier molecular flexibility index (Phi) is 4.95. The Balaban J connectivity index is 1.91. The maximum atomic E-state index is 11.9. The molecule has 1 aliphatic heterocycles. The largest absolute Gasteiger partial charge is 0.411 e. The van der Waals surface area contributed by atoms with Gasteiger partial charge in [0.15, 0.2) is 5.82 Å². The lowest BCUT2D eigenvalue weighted by molar-refractivity contribution is -0.177. The molecule has 0 aliphatic carbocycles. The molecular weight excluding hydrogens is 279 g/mol. The van der Waals surface area contributed by atoms with Crippen LogP contribution in [-0.2, 0) is 16.1 Å². The Morgan fingerprint density at radius 1 is 1.45 bits per heavy atom. The molecule has 2 unspecified atom stereocenters. The maximum absolute atomic E-state index is 11.9. The van der Waals surface area contributed by atoms with Crippen LogP contribution in [0.4, 0.5) is 13.2 Å². The van der Waals surface area contributed by atoms with Crippen molar-refractivity contribution in [3.05, 3.63) is 11.7 Å². The molecular formula is C11H16F3N3O3. The molecule has 0 radical (unpaired) electrons. The van der Waals surface area contributed by atoms with Crippen molar-refractivity contribution in [1.29, 1.82) is 0 Å². The predicted molar refractivity (Wildman–Crippen MR) is 61.0 cm³/mol. The molecule has 0 saturated carbocycles. The smallest absolute Gasteiger partial charge is 0.381 e. The van der Waals surface area contributed by atoms with Gasteiger partial charge in [-0.05, 0) is 13.5 Å². The van der Waals surface area contributed by atoms with Crippen molar-refractivity contribution in [1.82, 2.24) is 15.5 Å². The zero-order valence-electron chi connectivity index (χ0n) is 10.9. The molecule has 114 valence electrons. The summed E-state index contributed by atoms with van der Waals surface area (Å²) in [6.45, 7) is -0.572. The van der Waals surface area contributed by atoms with E-state index in [-0.39, 0.29) is 24.4 Å². The number of rotatable bonds is 5. The standard InChI is InChI=1S/C11H16F3N3O3/c1-15-8-2-3-18-4-7(8)10-16-9(17-20-10)5-19-6-11(12,13)14/h7-8,15H,2-6H2,1H3. The lowest BCUT2D eigenvalue weighted by Gasteiger charge is -2.28. The number of alkyl halides is 3. The van der Waals surface area contributed by atoms with Crippen molar-refractivity contribution in [3.63, 3.8) is 0 Å². The summed E-state index contributed by atoms with van der Waals surface area (Å²) < 4.78 is 50.7. The minimum absolute atomic E-state index is 0.0994. The minimum atomic E-state index is -4.36. The van der Waals surface area contributed by atoms with Gasteiger partial charge in [-0.1, -0.05) is 5.16 Å². The predicted octanol–water partition coefficient (Wildman–Crippen LogP) is 1.24. The topological polar surface area (TPSA) is 69.4 Å². The normalized spacial score (nSPS) is 24.0. The fraction of sp³-hybridized carbons (Fsp3) is 0.818. The molecule has 1 fully saturated rings. The van der Waals surface area contributed by atoms with Crippen molar-refractivity contribution in [2.45, 2.75) is 31.2 Å². The summed E-state index contributed by atoms with van der Waals surface area (Å²) >= 11 is 0. The molecule has 2 atom stereocenters. The first-order valence-electron chi connectivity index (χ1n) is 6.21. The van der Waals surface area contributed by atoms with E-state index in [0.717, 1.165) is 6.42 Å². The zero-order chi connectivity index (χ0) is 14.6. The van der Waals surface area contributed by atoms with Gasteiger partial charge in [-0.2, -0.15) is 18.2 Å². The summed E-state index contributed by atoms with van der Waals surface area (Å²) in [4.78, 5) is 4.06. The van der Waals surface area contributed by atoms with Gasteiger partial charge in [0.2, 0.25) is 5.89 Å². The second-order valence-corrected chi connectivity index (χ2v) is 4.52. The highest BCUT2D eigenvalue weighted by Crippen LogP contribution is 2.24. The van der Waals surface area contributed by atoms with Gasteiger partial charge in [-0.15, -0.1) is 0 Å². The molecule has 2 heterocycles. The molecule has 2 rings (SSSR count). The van der Waals surface area contributed by atoms with Gasteiger partial charge in [0.05, 0.1) is 12.5 Å². The molecule has 1 aromatic heterocycles. The van der Waals surface area contributed by atoms with Crippen LogP contribution in [0.3, 0.4) is 0 Å². The van der Waals surface area contributed by atoms with E-state index in [1.165, 1.54) is 0 Å². The fourth-order valence-corrected chi connectivity index (χ4v) is 2.06. The van der Waals surface area contributed by atoms with Gasteiger partial charge < -0.3 is 19.3 Å². The lowest BCUT2D eigenvalue weighted by atomic mass is 9.96. The molecule has 1 aromatic rings. The number of halogens is 3. The van der Waals surface area contributed by atoms with Gasteiger partial charge in [-0.25, -0.2) is 0 Å². The first-order chi connectivity index (χ1) is 9.49. The van der Waals surface area contributed by atoms with Crippen LogP contribution in [-0.4, -0.2) is 49.2 Å². The van der Waals surface area contributed by atoms with E-state index in [9.17, 15) is 13.2 Å². The number of hydrogen-bond donors (Lipinski definition) is 1. The Morgan fingerprint density at radius 2 is 2.25 bits per heavy atom. The first-order valence-corrected chi connectivity index (χ1v) is 6.21. The molecule has 1 N–H and O–H groups in total. The van der Waals surface area contributed by atoms with Crippen molar-refractivity contribution < 1.29 is 27.2 Å². The third kappa shape index (κ3) is 4.15. The summed E-state index contributed by atoms with van der Waals surface area (Å²) in [5.74, 6) is 0.358. The van der Waals surface area contributed by atoms with Gasteiger partial charge in [-0.3, -0.25) is 0 Å². The van der Waals surface area contributed by atoms with Crippen molar-refractivity contribution in [2.24, 2.45) is 0 Å². The maximum Gasteiger partial charge on any atom is 0.411 e. The van der Waals surface area contributed by atoms with Gasteiger partial charge in [0.1, 0.15) is 13.2 Å². The highest BCUT2D eigenvalue weighted by molar-refractivity contribution is 5.00. The number of ether oxygens (including phenoxy) is 2. The zero-order valence-corrected chi connectivity index (χ0v) is 10.9. The Hall–Kier alpha value is -1.19. The van der Waals surface area contributed by atoms with E-state index >= 15 is 0 Å². The van der Waals surface area contributed by atoms with E-state index in [2.05, 4.69) is 20.2 Å². The van der Waals surface area contributed by atoms with Crippen LogP contribution >= 0.6 is 0 Å². The minimum Gasteiger partial charge on any atom is -0.381 e. The average molecular weight is 295 g/mol. The van der Waals surface area contributed by atoms with Crippen molar-refractivity contribution in [2.75, 3.05) is 26.9 Å².